The van der Waals surface area contributed by atoms with E-state index in [-0.39, 0.29) is 31.6 Å². The van der Waals surface area contributed by atoms with Crippen molar-refractivity contribution in [3.05, 3.63) is 71.3 Å². The first-order valence-electron chi connectivity index (χ1n) is 10.4. The summed E-state index contributed by atoms with van der Waals surface area (Å²) in [6, 6.07) is 16.2. The monoisotopic (exact) mass is 424 g/mol. The van der Waals surface area contributed by atoms with Crippen LogP contribution in [-0.2, 0) is 38.6 Å². The Morgan fingerprint density at radius 2 is 1.68 bits per heavy atom. The number of ether oxygens (including phenoxy) is 2. The van der Waals surface area contributed by atoms with E-state index in [1.165, 1.54) is 9.80 Å². The fourth-order valence-corrected chi connectivity index (χ4v) is 3.57. The van der Waals surface area contributed by atoms with Crippen LogP contribution in [0.1, 0.15) is 30.0 Å². The molecule has 1 heterocycles. The fourth-order valence-electron chi connectivity index (χ4n) is 3.57. The summed E-state index contributed by atoms with van der Waals surface area (Å²) >= 11 is 0. The number of rotatable bonds is 7. The van der Waals surface area contributed by atoms with Crippen LogP contribution < -0.4 is 0 Å². The van der Waals surface area contributed by atoms with Crippen LogP contribution in [0, 0.1) is 0 Å². The lowest BCUT2D eigenvalue weighted by Gasteiger charge is -2.37. The molecule has 0 N–H and O–H groups in total. The Balaban J connectivity index is 1.72. The van der Waals surface area contributed by atoms with Crippen LogP contribution in [0.5, 0.6) is 0 Å². The maximum atomic E-state index is 13.2. The molecule has 3 rings (SSSR count). The average molecular weight is 424 g/mol. The van der Waals surface area contributed by atoms with Gasteiger partial charge in [0.15, 0.2) is 0 Å². The van der Waals surface area contributed by atoms with Gasteiger partial charge in [-0.2, -0.15) is 0 Å². The molecule has 0 radical (unpaired) electrons. The van der Waals surface area contributed by atoms with Crippen LogP contribution in [0.4, 0.5) is 4.79 Å². The van der Waals surface area contributed by atoms with Crippen molar-refractivity contribution in [2.24, 2.45) is 0 Å². The largest absolute Gasteiger partial charge is 0.466 e. The Morgan fingerprint density at radius 3 is 2.39 bits per heavy atom. The molecule has 7 heteroatoms. The Morgan fingerprint density at radius 1 is 1.00 bits per heavy atom. The maximum absolute atomic E-state index is 13.2. The van der Waals surface area contributed by atoms with E-state index in [0.717, 1.165) is 16.7 Å². The van der Waals surface area contributed by atoms with Crippen LogP contribution in [0.25, 0.3) is 0 Å². The lowest BCUT2D eigenvalue weighted by molar-refractivity contribution is -0.151. The molecule has 0 bridgehead atoms. The molecular weight excluding hydrogens is 396 g/mol. The van der Waals surface area contributed by atoms with Crippen molar-refractivity contribution in [3.63, 3.8) is 0 Å². The Bertz CT molecular complexity index is 915. The maximum Gasteiger partial charge on any atom is 0.329 e. The molecule has 7 nitrogen and oxygen atoms in total. The van der Waals surface area contributed by atoms with Crippen molar-refractivity contribution in [1.82, 2.24) is 9.80 Å². The molecule has 0 saturated heterocycles. The molecule has 164 valence electrons. The van der Waals surface area contributed by atoms with Gasteiger partial charge in [0, 0.05) is 26.6 Å². The minimum atomic E-state index is -0.726. The first-order valence-corrected chi connectivity index (χ1v) is 10.4. The number of carbonyl (C=O) groups is 3. The summed E-state index contributed by atoms with van der Waals surface area (Å²) in [5.41, 5.74) is 2.92. The molecule has 0 saturated carbocycles. The van der Waals surface area contributed by atoms with Gasteiger partial charge in [0.25, 0.3) is 0 Å². The molecule has 2 amide bonds. The molecule has 1 aliphatic heterocycles. The molecule has 0 aliphatic carbocycles. The zero-order valence-electron chi connectivity index (χ0n) is 18.0. The zero-order chi connectivity index (χ0) is 22.2. The molecule has 2 aromatic carbocycles. The van der Waals surface area contributed by atoms with Gasteiger partial charge in [0.1, 0.15) is 12.6 Å². The van der Waals surface area contributed by atoms with Gasteiger partial charge in [0.05, 0.1) is 13.0 Å². The van der Waals surface area contributed by atoms with E-state index in [0.29, 0.717) is 19.6 Å². The van der Waals surface area contributed by atoms with Crippen molar-refractivity contribution in [3.8, 4) is 0 Å². The number of urea groups is 1. The smallest absolute Gasteiger partial charge is 0.329 e. The summed E-state index contributed by atoms with van der Waals surface area (Å²) in [5.74, 6) is -0.796. The van der Waals surface area contributed by atoms with Crippen molar-refractivity contribution < 1.29 is 23.9 Å². The molecule has 2 aromatic rings. The average Bonchev–Trinajstić information content (AvgIpc) is 2.80. The van der Waals surface area contributed by atoms with Crippen LogP contribution in [0.2, 0.25) is 0 Å². The van der Waals surface area contributed by atoms with E-state index in [4.69, 9.17) is 9.47 Å². The molecule has 0 aromatic heterocycles. The van der Waals surface area contributed by atoms with Crippen molar-refractivity contribution in [2.75, 3.05) is 20.2 Å². The molecule has 1 atom stereocenters. The zero-order valence-corrected chi connectivity index (χ0v) is 18.0. The first kappa shape index (κ1) is 22.3. The number of hydrogen-bond donors (Lipinski definition) is 0. The molecule has 1 aliphatic rings. The third-order valence-corrected chi connectivity index (χ3v) is 5.27. The number of fused-ring (bicyclic) bond motifs is 1. The summed E-state index contributed by atoms with van der Waals surface area (Å²) in [7, 11) is 1.62. The number of benzene rings is 2. The van der Waals surface area contributed by atoms with Gasteiger partial charge in [-0.3, -0.25) is 4.79 Å². The van der Waals surface area contributed by atoms with Crippen molar-refractivity contribution in [2.45, 2.75) is 39.0 Å². The first-order chi connectivity index (χ1) is 15.0. The van der Waals surface area contributed by atoms with E-state index < -0.39 is 12.0 Å². The second kappa shape index (κ2) is 10.6. The van der Waals surface area contributed by atoms with Crippen molar-refractivity contribution >= 4 is 18.0 Å². The second-order valence-electron chi connectivity index (χ2n) is 7.47. The van der Waals surface area contributed by atoms with E-state index in [2.05, 4.69) is 0 Å². The van der Waals surface area contributed by atoms with E-state index in [9.17, 15) is 14.4 Å². The van der Waals surface area contributed by atoms with Gasteiger partial charge in [0.2, 0.25) is 0 Å². The van der Waals surface area contributed by atoms with Crippen LogP contribution >= 0.6 is 0 Å². The normalized spacial score (nSPS) is 15.0. The molecule has 0 spiro atoms. The highest BCUT2D eigenvalue weighted by atomic mass is 16.5. The number of nitrogens with zero attached hydrogens (tertiary/aromatic N) is 2. The predicted molar refractivity (Wildman–Crippen MR) is 115 cm³/mol. The summed E-state index contributed by atoms with van der Waals surface area (Å²) in [6.45, 7) is 2.71. The molecular formula is C24H28N2O5. The number of hydrogen-bond acceptors (Lipinski definition) is 5. The number of esters is 2. The second-order valence-corrected chi connectivity index (χ2v) is 7.47. The van der Waals surface area contributed by atoms with Gasteiger partial charge in [-0.1, -0.05) is 54.6 Å². The van der Waals surface area contributed by atoms with Gasteiger partial charge in [-0.05, 0) is 23.6 Å². The number of carbonyl (C=O) groups excluding carboxylic acids is 3. The molecule has 31 heavy (non-hydrogen) atoms. The highest BCUT2D eigenvalue weighted by Gasteiger charge is 2.37. The summed E-state index contributed by atoms with van der Waals surface area (Å²) in [6.07, 6.45) is 0.491. The Kier molecular flexibility index (Phi) is 7.65. The fraction of sp³-hybridized carbons (Fsp3) is 0.375. The van der Waals surface area contributed by atoms with Gasteiger partial charge < -0.3 is 19.3 Å². The third kappa shape index (κ3) is 5.84. The number of amides is 2. The standard InChI is InChI=1S/C24H28N2O5/c1-3-30-22(27)13-14-25(2)24(29)26-16-20-12-8-7-11-19(20)15-21(26)23(28)31-17-18-9-5-4-6-10-18/h4-12,21H,3,13-17H2,1-2H3. The minimum Gasteiger partial charge on any atom is -0.466 e. The van der Waals surface area contributed by atoms with Gasteiger partial charge >= 0.3 is 18.0 Å². The van der Waals surface area contributed by atoms with Crippen LogP contribution in [0.3, 0.4) is 0 Å². The lowest BCUT2D eigenvalue weighted by atomic mass is 9.94. The molecule has 1 unspecified atom stereocenters. The highest BCUT2D eigenvalue weighted by molar-refractivity contribution is 5.85. The van der Waals surface area contributed by atoms with Gasteiger partial charge in [-0.15, -0.1) is 0 Å². The highest BCUT2D eigenvalue weighted by Crippen LogP contribution is 2.25. The van der Waals surface area contributed by atoms with Gasteiger partial charge in [-0.25, -0.2) is 9.59 Å². The summed E-state index contributed by atoms with van der Waals surface area (Å²) < 4.78 is 10.5. The predicted octanol–water partition coefficient (Wildman–Crippen LogP) is 3.16. The molecule has 0 fully saturated rings. The minimum absolute atomic E-state index is 0.101. The summed E-state index contributed by atoms with van der Waals surface area (Å²) in [4.78, 5) is 40.8. The van der Waals surface area contributed by atoms with Crippen molar-refractivity contribution in [1.29, 1.82) is 0 Å². The Labute approximate surface area is 182 Å². The topological polar surface area (TPSA) is 76.2 Å². The van der Waals surface area contributed by atoms with E-state index >= 15 is 0 Å². The summed E-state index contributed by atoms with van der Waals surface area (Å²) in [5, 5.41) is 0. The van der Waals surface area contributed by atoms with Crippen LogP contribution in [-0.4, -0.2) is 54.0 Å². The quantitative estimate of drug-likeness (QED) is 0.638. The lowest BCUT2D eigenvalue weighted by Crippen LogP contribution is -2.53. The van der Waals surface area contributed by atoms with E-state index in [1.807, 2.05) is 54.6 Å². The third-order valence-electron chi connectivity index (χ3n) is 5.27. The van der Waals surface area contributed by atoms with Crippen LogP contribution in [0.15, 0.2) is 54.6 Å². The van der Waals surface area contributed by atoms with E-state index in [1.54, 1.807) is 14.0 Å². The Hall–Kier alpha value is -3.35. The SMILES string of the molecule is CCOC(=O)CCN(C)C(=O)N1Cc2ccccc2CC1C(=O)OCc1ccccc1.